The molecular formula is C21H24ClFN4O2. The van der Waals surface area contributed by atoms with Gasteiger partial charge < -0.3 is 20.1 Å². The number of aromatic nitrogens is 2. The number of rotatable bonds is 7. The third-order valence-corrected chi connectivity index (χ3v) is 4.41. The Morgan fingerprint density at radius 3 is 2.59 bits per heavy atom. The average molecular weight is 419 g/mol. The lowest BCUT2D eigenvalue weighted by Crippen LogP contribution is -2.38. The number of fused-ring (bicyclic) bond motifs is 1. The van der Waals surface area contributed by atoms with Gasteiger partial charge in [-0.25, -0.2) is 14.4 Å². The van der Waals surface area contributed by atoms with Crippen LogP contribution in [0.1, 0.15) is 20.8 Å². The second kappa shape index (κ2) is 8.80. The molecule has 0 atom stereocenters. The average Bonchev–Trinajstić information content (AvgIpc) is 2.67. The fraction of sp³-hybridized carbons (Fsp3) is 0.333. The quantitative estimate of drug-likeness (QED) is 0.529. The lowest BCUT2D eigenvalue weighted by Gasteiger charge is -2.21. The molecule has 2 aromatic carbocycles. The predicted octanol–water partition coefficient (Wildman–Crippen LogP) is 4.94. The number of nitrogens with zero attached hydrogens (tertiary/aromatic N) is 2. The molecule has 0 saturated carbocycles. The monoisotopic (exact) mass is 418 g/mol. The van der Waals surface area contributed by atoms with Crippen molar-refractivity contribution in [3.8, 4) is 11.5 Å². The normalized spacial score (nSPS) is 11.5. The fourth-order valence-electron chi connectivity index (χ4n) is 2.73. The Balaban J connectivity index is 1.88. The van der Waals surface area contributed by atoms with E-state index in [1.807, 2.05) is 6.07 Å². The molecule has 154 valence electrons. The Bertz CT molecular complexity index is 1010. The zero-order valence-electron chi connectivity index (χ0n) is 16.8. The molecule has 0 radical (unpaired) electrons. The summed E-state index contributed by atoms with van der Waals surface area (Å²) < 4.78 is 24.8. The van der Waals surface area contributed by atoms with Gasteiger partial charge in [-0.3, -0.25) is 0 Å². The van der Waals surface area contributed by atoms with E-state index < -0.39 is 5.82 Å². The summed E-state index contributed by atoms with van der Waals surface area (Å²) in [7, 11) is 1.59. The van der Waals surface area contributed by atoms with E-state index in [-0.39, 0.29) is 10.6 Å². The predicted molar refractivity (Wildman–Crippen MR) is 114 cm³/mol. The Kier molecular flexibility index (Phi) is 6.39. The van der Waals surface area contributed by atoms with Crippen LogP contribution in [0.2, 0.25) is 5.02 Å². The summed E-state index contributed by atoms with van der Waals surface area (Å²) in [6.07, 6.45) is 1.45. The largest absolute Gasteiger partial charge is 0.493 e. The minimum absolute atomic E-state index is 0.0121. The van der Waals surface area contributed by atoms with Gasteiger partial charge in [0.05, 0.1) is 17.6 Å². The van der Waals surface area contributed by atoms with Gasteiger partial charge in [0.15, 0.2) is 11.5 Å². The summed E-state index contributed by atoms with van der Waals surface area (Å²) in [5.74, 6) is 1.25. The van der Waals surface area contributed by atoms with Gasteiger partial charge in [0, 0.05) is 29.2 Å². The van der Waals surface area contributed by atoms with Crippen LogP contribution in [0.3, 0.4) is 0 Å². The van der Waals surface area contributed by atoms with E-state index in [1.54, 1.807) is 19.2 Å². The minimum Gasteiger partial charge on any atom is -0.493 e. The maximum absolute atomic E-state index is 13.4. The van der Waals surface area contributed by atoms with E-state index in [0.717, 1.165) is 5.39 Å². The van der Waals surface area contributed by atoms with Gasteiger partial charge >= 0.3 is 0 Å². The van der Waals surface area contributed by atoms with E-state index in [2.05, 4.69) is 41.4 Å². The maximum Gasteiger partial charge on any atom is 0.162 e. The van der Waals surface area contributed by atoms with E-state index in [0.29, 0.717) is 41.7 Å². The highest BCUT2D eigenvalue weighted by atomic mass is 35.5. The first-order chi connectivity index (χ1) is 13.8. The van der Waals surface area contributed by atoms with Gasteiger partial charge in [-0.1, -0.05) is 11.6 Å². The number of methoxy groups -OCH3 is 1. The van der Waals surface area contributed by atoms with Gasteiger partial charge in [0.2, 0.25) is 0 Å². The van der Waals surface area contributed by atoms with E-state index >= 15 is 0 Å². The third kappa shape index (κ3) is 5.46. The molecule has 1 aromatic heterocycles. The van der Waals surface area contributed by atoms with Gasteiger partial charge in [-0.15, -0.1) is 0 Å². The Morgan fingerprint density at radius 2 is 1.90 bits per heavy atom. The number of hydrogen-bond acceptors (Lipinski definition) is 6. The van der Waals surface area contributed by atoms with Crippen molar-refractivity contribution in [1.82, 2.24) is 15.3 Å². The molecule has 2 N–H and O–H groups in total. The fourth-order valence-corrected chi connectivity index (χ4v) is 2.91. The SMILES string of the molecule is COc1cc2ncnc(Nc3ccc(F)c(Cl)c3)c2cc1OCCNC(C)(C)C. The Hall–Kier alpha value is -2.64. The van der Waals surface area contributed by atoms with Crippen molar-refractivity contribution in [2.75, 3.05) is 25.6 Å². The summed E-state index contributed by atoms with van der Waals surface area (Å²) in [5.41, 5.74) is 1.31. The molecule has 3 aromatic rings. The van der Waals surface area contributed by atoms with Crippen molar-refractivity contribution in [3.05, 3.63) is 47.5 Å². The molecule has 0 bridgehead atoms. The zero-order chi connectivity index (χ0) is 21.0. The molecular weight excluding hydrogens is 395 g/mol. The summed E-state index contributed by atoms with van der Waals surface area (Å²) in [4.78, 5) is 8.62. The van der Waals surface area contributed by atoms with Crippen LogP contribution in [0.5, 0.6) is 11.5 Å². The van der Waals surface area contributed by atoms with Crippen molar-refractivity contribution in [2.45, 2.75) is 26.3 Å². The lowest BCUT2D eigenvalue weighted by molar-refractivity contribution is 0.276. The Morgan fingerprint density at radius 1 is 1.10 bits per heavy atom. The molecule has 0 aliphatic rings. The van der Waals surface area contributed by atoms with Gasteiger partial charge in [0.1, 0.15) is 24.6 Å². The number of ether oxygens (including phenoxy) is 2. The van der Waals surface area contributed by atoms with Gasteiger partial charge in [-0.05, 0) is 45.0 Å². The molecule has 0 spiro atoms. The molecule has 0 amide bonds. The second-order valence-corrected chi connectivity index (χ2v) is 7.93. The van der Waals surface area contributed by atoms with Crippen molar-refractivity contribution in [3.63, 3.8) is 0 Å². The van der Waals surface area contributed by atoms with E-state index in [9.17, 15) is 4.39 Å². The molecule has 0 saturated heterocycles. The molecule has 6 nitrogen and oxygen atoms in total. The van der Waals surface area contributed by atoms with Crippen molar-refractivity contribution in [2.24, 2.45) is 0 Å². The summed E-state index contributed by atoms with van der Waals surface area (Å²) >= 11 is 5.88. The molecule has 8 heteroatoms. The number of nitrogens with one attached hydrogen (secondary N) is 2. The van der Waals surface area contributed by atoms with Crippen molar-refractivity contribution in [1.29, 1.82) is 0 Å². The number of halogens is 2. The summed E-state index contributed by atoms with van der Waals surface area (Å²) in [6.45, 7) is 7.46. The van der Waals surface area contributed by atoms with E-state index in [1.165, 1.54) is 18.5 Å². The molecule has 0 unspecified atom stereocenters. The first kappa shape index (κ1) is 21.1. The highest BCUT2D eigenvalue weighted by Gasteiger charge is 2.13. The molecule has 0 fully saturated rings. The van der Waals surface area contributed by atoms with Gasteiger partial charge in [0.25, 0.3) is 0 Å². The lowest BCUT2D eigenvalue weighted by atomic mass is 10.1. The molecule has 0 aliphatic heterocycles. The zero-order valence-corrected chi connectivity index (χ0v) is 17.6. The maximum atomic E-state index is 13.4. The van der Waals surface area contributed by atoms with Crippen LogP contribution in [0.25, 0.3) is 10.9 Å². The molecule has 1 heterocycles. The van der Waals surface area contributed by atoms with Crippen LogP contribution in [-0.4, -0.2) is 35.8 Å². The van der Waals surface area contributed by atoms with Crippen LogP contribution in [0.15, 0.2) is 36.7 Å². The smallest absolute Gasteiger partial charge is 0.162 e. The number of hydrogen-bond donors (Lipinski definition) is 2. The number of anilines is 2. The number of benzene rings is 2. The van der Waals surface area contributed by atoms with E-state index in [4.69, 9.17) is 21.1 Å². The van der Waals surface area contributed by atoms with Crippen LogP contribution in [0, 0.1) is 5.82 Å². The molecule has 29 heavy (non-hydrogen) atoms. The second-order valence-electron chi connectivity index (χ2n) is 7.52. The van der Waals surface area contributed by atoms with Crippen LogP contribution in [0.4, 0.5) is 15.9 Å². The first-order valence-corrected chi connectivity index (χ1v) is 9.57. The summed E-state index contributed by atoms with van der Waals surface area (Å²) in [6, 6.07) is 8.02. The van der Waals surface area contributed by atoms with Crippen LogP contribution >= 0.6 is 11.6 Å². The van der Waals surface area contributed by atoms with Gasteiger partial charge in [-0.2, -0.15) is 0 Å². The highest BCUT2D eigenvalue weighted by Crippen LogP contribution is 2.35. The molecule has 3 rings (SSSR count). The third-order valence-electron chi connectivity index (χ3n) is 4.12. The first-order valence-electron chi connectivity index (χ1n) is 9.19. The van der Waals surface area contributed by atoms with Crippen LogP contribution < -0.4 is 20.1 Å². The van der Waals surface area contributed by atoms with Crippen molar-refractivity contribution >= 4 is 34.0 Å². The minimum atomic E-state index is -0.478. The van der Waals surface area contributed by atoms with Crippen molar-refractivity contribution < 1.29 is 13.9 Å². The summed E-state index contributed by atoms with van der Waals surface area (Å²) in [5, 5.41) is 7.31. The standard InChI is InChI=1S/C21H24ClFN4O2/c1-21(2,3)26-7-8-29-19-10-14-17(11-18(19)28-4)24-12-25-20(14)27-13-5-6-16(23)15(22)9-13/h5-6,9-12,26H,7-8H2,1-4H3,(H,24,25,27). The topological polar surface area (TPSA) is 68.3 Å². The Labute approximate surface area is 174 Å². The van der Waals surface area contributed by atoms with Crippen LogP contribution in [-0.2, 0) is 0 Å². The highest BCUT2D eigenvalue weighted by molar-refractivity contribution is 6.31. The molecule has 0 aliphatic carbocycles.